The summed E-state index contributed by atoms with van der Waals surface area (Å²) in [4.78, 5) is 15.2. The fraction of sp³-hybridized carbons (Fsp3) is 0.818. The summed E-state index contributed by atoms with van der Waals surface area (Å²) < 4.78 is 0. The van der Waals surface area contributed by atoms with E-state index in [1.165, 1.54) is 0 Å². The maximum atomic E-state index is 11.1. The van der Waals surface area contributed by atoms with Crippen LogP contribution in [-0.4, -0.2) is 59.6 Å². The summed E-state index contributed by atoms with van der Waals surface area (Å²) in [5.41, 5.74) is 0. The molecule has 5 heteroatoms. The Hall–Kier alpha value is -1.12. The zero-order valence-corrected chi connectivity index (χ0v) is 9.72. The number of nitriles is 1. The minimum Gasteiger partial charge on any atom is -0.480 e. The van der Waals surface area contributed by atoms with Gasteiger partial charge >= 0.3 is 5.97 Å². The molecular formula is C11H19N3O2. The van der Waals surface area contributed by atoms with E-state index >= 15 is 0 Å². The average molecular weight is 225 g/mol. The molecular weight excluding hydrogens is 206 g/mol. The van der Waals surface area contributed by atoms with Crippen molar-refractivity contribution >= 4 is 5.97 Å². The molecule has 0 bridgehead atoms. The van der Waals surface area contributed by atoms with Crippen LogP contribution in [0.4, 0.5) is 0 Å². The average Bonchev–Trinajstić information content (AvgIpc) is 2.27. The van der Waals surface area contributed by atoms with Crippen molar-refractivity contribution in [1.82, 2.24) is 9.80 Å². The third kappa shape index (κ3) is 3.47. The minimum atomic E-state index is -0.726. The van der Waals surface area contributed by atoms with Gasteiger partial charge < -0.3 is 5.11 Å². The quantitative estimate of drug-likeness (QED) is 0.685. The van der Waals surface area contributed by atoms with Crippen molar-refractivity contribution in [1.29, 1.82) is 5.26 Å². The standard InChI is InChI=1S/C11H19N3O2/c1-2-3-10(11(15)16)14-8-6-13(5-4-12)7-9-14/h10H,2-3,5-9H2,1H3,(H,15,16). The topological polar surface area (TPSA) is 67.6 Å². The van der Waals surface area contributed by atoms with Crippen LogP contribution in [0.5, 0.6) is 0 Å². The Morgan fingerprint density at radius 2 is 2.06 bits per heavy atom. The van der Waals surface area contributed by atoms with Gasteiger partial charge in [0.1, 0.15) is 6.04 Å². The number of hydrogen-bond donors (Lipinski definition) is 1. The summed E-state index contributed by atoms with van der Waals surface area (Å²) in [5, 5.41) is 17.7. The predicted octanol–water partition coefficient (Wildman–Crippen LogP) is 0.381. The van der Waals surface area contributed by atoms with Crippen LogP contribution < -0.4 is 0 Å². The summed E-state index contributed by atoms with van der Waals surface area (Å²) in [5.74, 6) is -0.726. The third-order valence-electron chi connectivity index (χ3n) is 2.99. The number of carbonyl (C=O) groups is 1. The Morgan fingerprint density at radius 1 is 1.44 bits per heavy atom. The second kappa shape index (κ2) is 6.46. The lowest BCUT2D eigenvalue weighted by molar-refractivity contribution is -0.144. The fourth-order valence-corrected chi connectivity index (χ4v) is 2.07. The summed E-state index contributed by atoms with van der Waals surface area (Å²) in [7, 11) is 0. The van der Waals surface area contributed by atoms with Gasteiger partial charge in [0, 0.05) is 26.2 Å². The van der Waals surface area contributed by atoms with E-state index in [1.807, 2.05) is 11.8 Å². The van der Waals surface area contributed by atoms with Crippen molar-refractivity contribution in [3.63, 3.8) is 0 Å². The SMILES string of the molecule is CCCC(C(=O)O)N1CCN(CC#N)CC1. The molecule has 1 atom stereocenters. The largest absolute Gasteiger partial charge is 0.480 e. The Balaban J connectivity index is 2.44. The molecule has 1 aliphatic heterocycles. The number of nitrogens with zero attached hydrogens (tertiary/aromatic N) is 3. The molecule has 1 rings (SSSR count). The van der Waals surface area contributed by atoms with Gasteiger partial charge in [-0.25, -0.2) is 0 Å². The normalized spacial score (nSPS) is 20.2. The van der Waals surface area contributed by atoms with Crippen LogP contribution >= 0.6 is 0 Å². The Labute approximate surface area is 96.3 Å². The maximum Gasteiger partial charge on any atom is 0.320 e. The zero-order chi connectivity index (χ0) is 12.0. The molecule has 0 radical (unpaired) electrons. The van der Waals surface area contributed by atoms with E-state index in [0.717, 1.165) is 32.6 Å². The van der Waals surface area contributed by atoms with Crippen LogP contribution in [0, 0.1) is 11.3 Å². The number of aliphatic carboxylic acids is 1. The molecule has 0 aromatic rings. The first kappa shape index (κ1) is 12.9. The number of carboxylic acid groups (broad SMARTS) is 1. The van der Waals surface area contributed by atoms with Crippen LogP contribution in [0.1, 0.15) is 19.8 Å². The number of carboxylic acids is 1. The number of rotatable bonds is 5. The van der Waals surface area contributed by atoms with Gasteiger partial charge in [0.25, 0.3) is 0 Å². The maximum absolute atomic E-state index is 11.1. The van der Waals surface area contributed by atoms with E-state index in [-0.39, 0.29) is 6.04 Å². The van der Waals surface area contributed by atoms with Crippen molar-refractivity contribution < 1.29 is 9.90 Å². The van der Waals surface area contributed by atoms with Gasteiger partial charge in [-0.05, 0) is 6.42 Å². The van der Waals surface area contributed by atoms with E-state index < -0.39 is 5.97 Å². The molecule has 0 aromatic heterocycles. The van der Waals surface area contributed by atoms with Gasteiger partial charge in [-0.15, -0.1) is 0 Å². The Kier molecular flexibility index (Phi) is 5.23. The lowest BCUT2D eigenvalue weighted by atomic mass is 10.1. The molecule has 0 amide bonds. The van der Waals surface area contributed by atoms with Gasteiger partial charge in [0.05, 0.1) is 12.6 Å². The minimum absolute atomic E-state index is 0.353. The molecule has 1 saturated heterocycles. The Morgan fingerprint density at radius 3 is 2.50 bits per heavy atom. The summed E-state index contributed by atoms with van der Waals surface area (Å²) in [6.07, 6.45) is 1.59. The molecule has 1 heterocycles. The molecule has 0 aromatic carbocycles. The first-order valence-corrected chi connectivity index (χ1v) is 5.75. The molecule has 0 saturated carbocycles. The highest BCUT2D eigenvalue weighted by Crippen LogP contribution is 2.11. The lowest BCUT2D eigenvalue weighted by Gasteiger charge is -2.36. The molecule has 90 valence electrons. The highest BCUT2D eigenvalue weighted by atomic mass is 16.4. The van der Waals surface area contributed by atoms with Gasteiger partial charge in [-0.3, -0.25) is 14.6 Å². The van der Waals surface area contributed by atoms with E-state index in [9.17, 15) is 4.79 Å². The van der Waals surface area contributed by atoms with Crippen molar-refractivity contribution in [3.8, 4) is 6.07 Å². The predicted molar refractivity (Wildman–Crippen MR) is 60.0 cm³/mol. The van der Waals surface area contributed by atoms with E-state index in [1.54, 1.807) is 0 Å². The molecule has 16 heavy (non-hydrogen) atoms. The van der Waals surface area contributed by atoms with Crippen LogP contribution in [0.3, 0.4) is 0 Å². The molecule has 1 N–H and O–H groups in total. The molecule has 5 nitrogen and oxygen atoms in total. The van der Waals surface area contributed by atoms with Gasteiger partial charge in [-0.1, -0.05) is 13.3 Å². The van der Waals surface area contributed by atoms with E-state index in [0.29, 0.717) is 13.0 Å². The zero-order valence-electron chi connectivity index (χ0n) is 9.72. The van der Waals surface area contributed by atoms with Crippen molar-refractivity contribution in [2.24, 2.45) is 0 Å². The second-order valence-electron chi connectivity index (χ2n) is 4.11. The highest BCUT2D eigenvalue weighted by Gasteiger charge is 2.27. The summed E-state index contributed by atoms with van der Waals surface area (Å²) >= 11 is 0. The number of hydrogen-bond acceptors (Lipinski definition) is 4. The second-order valence-corrected chi connectivity index (χ2v) is 4.11. The van der Waals surface area contributed by atoms with Crippen LogP contribution in [0.25, 0.3) is 0 Å². The molecule has 0 spiro atoms. The number of piperazine rings is 1. The third-order valence-corrected chi connectivity index (χ3v) is 2.99. The molecule has 1 fully saturated rings. The van der Waals surface area contributed by atoms with Gasteiger partial charge in [0.2, 0.25) is 0 Å². The Bertz CT molecular complexity index is 267. The molecule has 1 aliphatic rings. The van der Waals surface area contributed by atoms with E-state index in [4.69, 9.17) is 10.4 Å². The van der Waals surface area contributed by atoms with E-state index in [2.05, 4.69) is 11.0 Å². The fourth-order valence-electron chi connectivity index (χ4n) is 2.07. The van der Waals surface area contributed by atoms with Crippen LogP contribution in [0.15, 0.2) is 0 Å². The first-order chi connectivity index (χ1) is 7.69. The summed E-state index contributed by atoms with van der Waals surface area (Å²) in [6.45, 7) is 5.53. The molecule has 1 unspecified atom stereocenters. The van der Waals surface area contributed by atoms with Crippen molar-refractivity contribution in [3.05, 3.63) is 0 Å². The molecule has 0 aliphatic carbocycles. The van der Waals surface area contributed by atoms with Crippen LogP contribution in [0.2, 0.25) is 0 Å². The highest BCUT2D eigenvalue weighted by molar-refractivity contribution is 5.73. The lowest BCUT2D eigenvalue weighted by Crippen LogP contribution is -2.52. The van der Waals surface area contributed by atoms with Crippen molar-refractivity contribution in [2.75, 3.05) is 32.7 Å². The monoisotopic (exact) mass is 225 g/mol. The van der Waals surface area contributed by atoms with Crippen LogP contribution in [-0.2, 0) is 4.79 Å². The first-order valence-electron chi connectivity index (χ1n) is 5.75. The smallest absolute Gasteiger partial charge is 0.320 e. The van der Waals surface area contributed by atoms with Gasteiger partial charge in [-0.2, -0.15) is 5.26 Å². The summed E-state index contributed by atoms with van der Waals surface area (Å²) in [6, 6.07) is 1.77. The van der Waals surface area contributed by atoms with Gasteiger partial charge in [0.15, 0.2) is 0 Å². The van der Waals surface area contributed by atoms with Crippen molar-refractivity contribution in [2.45, 2.75) is 25.8 Å².